The van der Waals surface area contributed by atoms with E-state index in [4.69, 9.17) is 0 Å². The zero-order valence-corrected chi connectivity index (χ0v) is 7.81. The third kappa shape index (κ3) is 1.23. The summed E-state index contributed by atoms with van der Waals surface area (Å²) in [5.41, 5.74) is 1.50. The molecule has 2 N–H and O–H groups in total. The molecule has 0 saturated heterocycles. The molecule has 1 aromatic heterocycles. The second kappa shape index (κ2) is 2.88. The van der Waals surface area contributed by atoms with Crippen LogP contribution in [0.1, 0.15) is 12.5 Å². The van der Waals surface area contributed by atoms with Crippen LogP contribution in [0.15, 0.2) is 16.9 Å². The van der Waals surface area contributed by atoms with Gasteiger partial charge in [-0.1, -0.05) is 24.3 Å². The van der Waals surface area contributed by atoms with E-state index in [1.54, 1.807) is 12.1 Å². The van der Waals surface area contributed by atoms with E-state index >= 15 is 0 Å². The first-order valence-corrected chi connectivity index (χ1v) is 4.68. The van der Waals surface area contributed by atoms with Gasteiger partial charge in [0.05, 0.1) is 4.70 Å². The fraction of sp³-hybridized carbons (Fsp3) is 0.111. The average Bonchev–Trinajstić information content (AvgIpc) is 2.48. The minimum absolute atomic E-state index is 0.124. The topological polar surface area (TPSA) is 53.1 Å². The Morgan fingerprint density at radius 2 is 2.31 bits per heavy atom. The number of aromatic nitrogens is 1. The van der Waals surface area contributed by atoms with Gasteiger partial charge in [0.15, 0.2) is 0 Å². The van der Waals surface area contributed by atoms with E-state index in [9.17, 15) is 9.90 Å². The molecule has 3 nitrogen and oxygen atoms in total. The zero-order chi connectivity index (χ0) is 9.42. The number of rotatable bonds is 1. The standard InChI is InChI=1S/C9H8NO2S/c1-2-5-3-4-6(11)7-8(5)13-9(12)10-7/h2-4,11H,1H3,(H,10,12). The minimum atomic E-state index is -0.139. The lowest BCUT2D eigenvalue weighted by molar-refractivity contribution is 0.480. The molecule has 67 valence electrons. The van der Waals surface area contributed by atoms with Crippen molar-refractivity contribution in [1.29, 1.82) is 0 Å². The van der Waals surface area contributed by atoms with Crippen LogP contribution in [0.25, 0.3) is 10.2 Å². The quantitative estimate of drug-likeness (QED) is 0.728. The monoisotopic (exact) mass is 194 g/mol. The molecule has 0 bridgehead atoms. The number of hydrogen-bond donors (Lipinski definition) is 2. The number of fused-ring (bicyclic) bond motifs is 1. The van der Waals surface area contributed by atoms with Crippen LogP contribution in [-0.4, -0.2) is 10.1 Å². The molecule has 0 spiro atoms. The maximum absolute atomic E-state index is 11.0. The van der Waals surface area contributed by atoms with Crippen molar-refractivity contribution < 1.29 is 5.11 Å². The number of thiazole rings is 1. The predicted molar refractivity (Wildman–Crippen MR) is 53.2 cm³/mol. The van der Waals surface area contributed by atoms with Gasteiger partial charge in [-0.2, -0.15) is 0 Å². The highest BCUT2D eigenvalue weighted by atomic mass is 32.1. The molecule has 0 aliphatic rings. The summed E-state index contributed by atoms with van der Waals surface area (Å²) >= 11 is 1.12. The van der Waals surface area contributed by atoms with Gasteiger partial charge in [-0.25, -0.2) is 0 Å². The lowest BCUT2D eigenvalue weighted by Gasteiger charge is -1.98. The third-order valence-corrected chi connectivity index (χ3v) is 2.83. The molecule has 1 radical (unpaired) electrons. The van der Waals surface area contributed by atoms with Gasteiger partial charge in [-0.15, -0.1) is 0 Å². The van der Waals surface area contributed by atoms with E-state index in [0.29, 0.717) is 5.52 Å². The van der Waals surface area contributed by atoms with Crippen molar-refractivity contribution in [2.45, 2.75) is 6.92 Å². The second-order valence-electron chi connectivity index (χ2n) is 2.68. The third-order valence-electron chi connectivity index (χ3n) is 1.90. The van der Waals surface area contributed by atoms with Gasteiger partial charge in [-0.3, -0.25) is 4.79 Å². The summed E-state index contributed by atoms with van der Waals surface area (Å²) in [6.45, 7) is 1.90. The number of H-pyrrole nitrogens is 1. The Balaban J connectivity index is 2.91. The van der Waals surface area contributed by atoms with Crippen LogP contribution in [0.2, 0.25) is 0 Å². The summed E-state index contributed by atoms with van der Waals surface area (Å²) in [5.74, 6) is 0.124. The van der Waals surface area contributed by atoms with Crippen molar-refractivity contribution in [3.05, 3.63) is 33.8 Å². The smallest absolute Gasteiger partial charge is 0.305 e. The van der Waals surface area contributed by atoms with Gasteiger partial charge in [0.2, 0.25) is 0 Å². The molecule has 4 heteroatoms. The highest BCUT2D eigenvalue weighted by Crippen LogP contribution is 2.28. The summed E-state index contributed by atoms with van der Waals surface area (Å²) < 4.78 is 0.813. The molecule has 1 aromatic carbocycles. The predicted octanol–water partition coefficient (Wildman–Crippen LogP) is 1.87. The molecular formula is C9H8NO2S. The Hall–Kier alpha value is -1.29. The molecule has 0 atom stereocenters. The van der Waals surface area contributed by atoms with E-state index in [1.807, 2.05) is 13.3 Å². The molecule has 0 aliphatic carbocycles. The first-order valence-electron chi connectivity index (χ1n) is 3.86. The maximum atomic E-state index is 11.0. The van der Waals surface area contributed by atoms with Gasteiger partial charge in [-0.05, 0) is 18.1 Å². The second-order valence-corrected chi connectivity index (χ2v) is 3.66. The zero-order valence-electron chi connectivity index (χ0n) is 7.00. The Kier molecular flexibility index (Phi) is 1.84. The van der Waals surface area contributed by atoms with Crippen LogP contribution in [0.4, 0.5) is 0 Å². The van der Waals surface area contributed by atoms with Crippen molar-refractivity contribution in [3.63, 3.8) is 0 Å². The highest BCUT2D eigenvalue weighted by molar-refractivity contribution is 7.16. The molecule has 0 saturated carbocycles. The summed E-state index contributed by atoms with van der Waals surface area (Å²) in [5, 5.41) is 9.43. The van der Waals surface area contributed by atoms with Crippen LogP contribution >= 0.6 is 11.3 Å². The Morgan fingerprint density at radius 1 is 1.54 bits per heavy atom. The average molecular weight is 194 g/mol. The van der Waals surface area contributed by atoms with E-state index < -0.39 is 0 Å². The van der Waals surface area contributed by atoms with Crippen molar-refractivity contribution in [1.82, 2.24) is 4.98 Å². The summed E-state index contributed by atoms with van der Waals surface area (Å²) in [7, 11) is 0. The number of benzene rings is 1. The molecule has 1 heterocycles. The summed E-state index contributed by atoms with van der Waals surface area (Å²) in [4.78, 5) is 13.5. The van der Waals surface area contributed by atoms with Crippen LogP contribution in [-0.2, 0) is 0 Å². The van der Waals surface area contributed by atoms with Crippen molar-refractivity contribution in [2.24, 2.45) is 0 Å². The number of phenols is 1. The van der Waals surface area contributed by atoms with Crippen LogP contribution in [0.5, 0.6) is 5.75 Å². The first kappa shape index (κ1) is 8.31. The van der Waals surface area contributed by atoms with E-state index in [-0.39, 0.29) is 10.6 Å². The van der Waals surface area contributed by atoms with Gasteiger partial charge in [0.25, 0.3) is 0 Å². The molecule has 0 fully saturated rings. The normalized spacial score (nSPS) is 10.8. The molecule has 2 rings (SSSR count). The van der Waals surface area contributed by atoms with Gasteiger partial charge in [0.1, 0.15) is 11.3 Å². The number of phenolic OH excluding ortho intramolecular Hbond substituents is 1. The summed E-state index contributed by atoms with van der Waals surface area (Å²) in [6, 6.07) is 3.38. The van der Waals surface area contributed by atoms with E-state index in [1.165, 1.54) is 0 Å². The molecular weight excluding hydrogens is 186 g/mol. The van der Waals surface area contributed by atoms with Crippen molar-refractivity contribution in [3.8, 4) is 5.75 Å². The lowest BCUT2D eigenvalue weighted by atomic mass is 10.1. The maximum Gasteiger partial charge on any atom is 0.305 e. The Morgan fingerprint density at radius 3 is 3.00 bits per heavy atom. The lowest BCUT2D eigenvalue weighted by Crippen LogP contribution is -1.89. The minimum Gasteiger partial charge on any atom is -0.506 e. The van der Waals surface area contributed by atoms with E-state index in [2.05, 4.69) is 4.98 Å². The Bertz CT molecular complexity index is 498. The highest BCUT2D eigenvalue weighted by Gasteiger charge is 2.07. The van der Waals surface area contributed by atoms with Gasteiger partial charge in [0, 0.05) is 0 Å². The van der Waals surface area contributed by atoms with E-state index in [0.717, 1.165) is 21.6 Å². The number of hydrogen-bond acceptors (Lipinski definition) is 3. The Labute approximate surface area is 78.7 Å². The van der Waals surface area contributed by atoms with Crippen molar-refractivity contribution >= 4 is 21.6 Å². The molecule has 2 aromatic rings. The fourth-order valence-electron chi connectivity index (χ4n) is 1.27. The van der Waals surface area contributed by atoms with Crippen LogP contribution < -0.4 is 4.87 Å². The van der Waals surface area contributed by atoms with Crippen LogP contribution in [0, 0.1) is 6.42 Å². The largest absolute Gasteiger partial charge is 0.506 e. The van der Waals surface area contributed by atoms with Gasteiger partial charge >= 0.3 is 4.87 Å². The molecule has 13 heavy (non-hydrogen) atoms. The number of aromatic amines is 1. The molecule has 0 unspecified atom stereocenters. The molecule has 0 amide bonds. The van der Waals surface area contributed by atoms with Crippen molar-refractivity contribution in [2.75, 3.05) is 0 Å². The fourth-order valence-corrected chi connectivity index (χ4v) is 2.17. The summed E-state index contributed by atoms with van der Waals surface area (Å²) in [6.07, 6.45) is 1.91. The van der Waals surface area contributed by atoms with Crippen LogP contribution in [0.3, 0.4) is 0 Å². The number of nitrogens with one attached hydrogen (secondary N) is 1. The number of aromatic hydroxyl groups is 1. The first-order chi connectivity index (χ1) is 6.22. The SMILES string of the molecule is C[CH]c1ccc(O)c2[nH]c(=O)sc12. The van der Waals surface area contributed by atoms with Gasteiger partial charge < -0.3 is 10.1 Å². The molecule has 0 aliphatic heterocycles.